The fourth-order valence-electron chi connectivity index (χ4n) is 12.0. The Morgan fingerprint density at radius 1 is 0.490 bits per heavy atom. The molecule has 0 aromatic heterocycles. The van der Waals surface area contributed by atoms with Crippen LogP contribution >= 0.6 is 0 Å². The van der Waals surface area contributed by atoms with E-state index in [1.54, 1.807) is 37.3 Å². The topological polar surface area (TPSA) is 652 Å². The van der Waals surface area contributed by atoms with Gasteiger partial charge in [-0.1, -0.05) is 99.4 Å². The quantitative estimate of drug-likeness (QED) is 0.0153. The van der Waals surface area contributed by atoms with E-state index in [1.807, 2.05) is 12.2 Å². The molecule has 0 aromatic carbocycles. The molecular formula is C68H114O34. The summed E-state index contributed by atoms with van der Waals surface area (Å²) in [5.41, 5.74) is -0.178. The molecule has 102 heavy (non-hydrogen) atoms. The van der Waals surface area contributed by atoms with Crippen molar-refractivity contribution in [1.82, 2.24) is 0 Å². The lowest BCUT2D eigenvalue weighted by Gasteiger charge is -2.48. The lowest BCUT2D eigenvalue weighted by atomic mass is 9.83. The molecule has 3 rings (SSSR count). The molecule has 36 unspecified atom stereocenters. The first-order valence-corrected chi connectivity index (χ1v) is 33.9. The first-order valence-electron chi connectivity index (χ1n) is 33.9. The lowest BCUT2D eigenvalue weighted by molar-refractivity contribution is -0.367. The monoisotopic (exact) mass is 1470 g/mol. The fraction of sp³-hybridized carbons (Fsp3) is 0.750. The second-order valence-corrected chi connectivity index (χ2v) is 27.0. The van der Waals surface area contributed by atoms with E-state index in [0.29, 0.717) is 0 Å². The summed E-state index contributed by atoms with van der Waals surface area (Å²) in [6.45, 7) is 9.41. The third-order valence-corrected chi connectivity index (χ3v) is 18.7. The number of aliphatic hydroxyl groups is 30. The molecule has 0 amide bonds. The van der Waals surface area contributed by atoms with Gasteiger partial charge >= 0.3 is 0 Å². The molecule has 0 spiro atoms. The molecule has 30 N–H and O–H groups in total. The molecule has 34 nitrogen and oxygen atoms in total. The Hall–Kier alpha value is -3.73. The Morgan fingerprint density at radius 2 is 1.03 bits per heavy atom. The number of ketones is 1. The number of hydrogen-bond acceptors (Lipinski definition) is 34. The van der Waals surface area contributed by atoms with Gasteiger partial charge < -0.3 is 167 Å². The van der Waals surface area contributed by atoms with E-state index >= 15 is 0 Å². The van der Waals surface area contributed by atoms with Crippen LogP contribution in [0.5, 0.6) is 0 Å². The average Bonchev–Trinajstić information content (AvgIpc) is 0.947. The van der Waals surface area contributed by atoms with Crippen molar-refractivity contribution < 1.29 is 172 Å². The fourth-order valence-corrected chi connectivity index (χ4v) is 12.0. The summed E-state index contributed by atoms with van der Waals surface area (Å²) in [4.78, 5) is 13.2. The molecule has 36 atom stereocenters. The molecule has 34 heteroatoms. The van der Waals surface area contributed by atoms with Crippen LogP contribution in [0.25, 0.3) is 0 Å². The van der Waals surface area contributed by atoms with E-state index < -0.39 is 257 Å². The normalized spacial score (nSPS) is 32.8. The number of unbranched alkanes of at least 4 members (excludes halogenated alkanes) is 1. The van der Waals surface area contributed by atoms with Crippen molar-refractivity contribution in [2.45, 2.75) is 298 Å². The molecule has 3 heterocycles. The van der Waals surface area contributed by atoms with Crippen molar-refractivity contribution in [3.8, 4) is 0 Å². The van der Waals surface area contributed by atoms with E-state index in [1.165, 1.54) is 31.2 Å². The van der Waals surface area contributed by atoms with Gasteiger partial charge in [-0.05, 0) is 62.4 Å². The van der Waals surface area contributed by atoms with E-state index in [0.717, 1.165) is 25.0 Å². The van der Waals surface area contributed by atoms with Gasteiger partial charge in [-0.15, -0.1) is 6.58 Å². The minimum absolute atomic E-state index is 0.00474. The van der Waals surface area contributed by atoms with E-state index in [9.17, 15) is 153 Å². The van der Waals surface area contributed by atoms with Crippen LogP contribution in [0.4, 0.5) is 0 Å². The third kappa shape index (κ3) is 27.2. The van der Waals surface area contributed by atoms with Gasteiger partial charge in [0.25, 0.3) is 0 Å². The van der Waals surface area contributed by atoms with Crippen molar-refractivity contribution in [2.24, 2.45) is 11.8 Å². The zero-order chi connectivity index (χ0) is 77.4. The highest BCUT2D eigenvalue weighted by Gasteiger charge is 2.57. The standard InChI is InChI=1S/C68H114O34/c1-5-6-7-8-9-10-11-12-13-19-36(72)49(82)37(73)20-15-14-18-34(70)26-40(76)54(87)66-63(96)64(97)67(98)68(99,102-66)29-43(79)50(83)39(75)22-23-45-55(88)56(89)47(100-45)27-35(71)24-31(2)17-16-21-38(74)51(84)58(91)48(81)33(4)32(3)25-46-57(90)61(94)62(95)65(101-46)42(78)28-41(77)52(85)59(92)60(93)53(86)44(80)30-69/h5,8-18,20,31-32,34-38,40-67,69-74,76-99H,1,4,6-7,19,21-30H2,2-3H3/b9-8+,11-10+,13-12+,17-16+,18-14+,20-15+. The van der Waals surface area contributed by atoms with Gasteiger partial charge in [0.05, 0.1) is 73.8 Å². The van der Waals surface area contributed by atoms with Crippen LogP contribution in [-0.2, 0) is 19.0 Å². The summed E-state index contributed by atoms with van der Waals surface area (Å²) < 4.78 is 16.8. The molecular weight excluding hydrogens is 1360 g/mol. The molecule has 0 radical (unpaired) electrons. The molecule has 3 saturated heterocycles. The number of hydrogen-bond donors (Lipinski definition) is 30. The first kappa shape index (κ1) is 92.5. The van der Waals surface area contributed by atoms with Crippen LogP contribution in [0, 0.1) is 11.8 Å². The second kappa shape index (κ2) is 44.5. The van der Waals surface area contributed by atoms with Crippen LogP contribution in [0.3, 0.4) is 0 Å². The lowest BCUT2D eigenvalue weighted by Crippen LogP contribution is -2.68. The summed E-state index contributed by atoms with van der Waals surface area (Å²) >= 11 is 0. The Kier molecular flexibility index (Phi) is 40.4. The van der Waals surface area contributed by atoms with Crippen molar-refractivity contribution >= 4 is 5.78 Å². The van der Waals surface area contributed by atoms with Crippen molar-refractivity contribution in [3.63, 3.8) is 0 Å². The Labute approximate surface area is 590 Å². The number of rotatable bonds is 46. The summed E-state index contributed by atoms with van der Waals surface area (Å²) in [5.74, 6) is -5.67. The van der Waals surface area contributed by atoms with Crippen LogP contribution in [0.2, 0.25) is 0 Å². The predicted octanol–water partition coefficient (Wildman–Crippen LogP) is -9.69. The largest absolute Gasteiger partial charge is 0.394 e. The van der Waals surface area contributed by atoms with Gasteiger partial charge in [-0.2, -0.15) is 0 Å². The third-order valence-electron chi connectivity index (χ3n) is 18.7. The second-order valence-electron chi connectivity index (χ2n) is 27.0. The SMILES string of the molecule is C=CCC/C=C/C=C/C=C/CC(O)C(O)C(O)/C=C/C=C/C(O)CC(O)C(O)C1OC(O)(CC(O)C(O)C(=O)CCC2OC(CC(O)CC(C)/C=C/CC(O)C(O)C(O)C(O)C(=C)C(C)CC3OC(C(O)CC(O)C(O)C(O)C(O)C(O)C(O)CO)C(O)C(O)C3O)C(O)C2O)C(O)C(O)C1O. The highest BCUT2D eigenvalue weighted by atomic mass is 16.7. The maximum atomic E-state index is 13.2. The van der Waals surface area contributed by atoms with Crippen LogP contribution in [0.1, 0.15) is 90.9 Å². The molecule has 3 aliphatic rings. The van der Waals surface area contributed by atoms with Gasteiger partial charge in [0, 0.05) is 32.1 Å². The number of allylic oxidation sites excluding steroid dienone is 9. The van der Waals surface area contributed by atoms with Gasteiger partial charge in [0.15, 0.2) is 11.6 Å². The van der Waals surface area contributed by atoms with Crippen molar-refractivity contribution in [3.05, 3.63) is 97.7 Å². The predicted molar refractivity (Wildman–Crippen MR) is 355 cm³/mol. The summed E-state index contributed by atoms with van der Waals surface area (Å²) in [7, 11) is 0. The number of Topliss-reactive ketones (excluding diaryl/α,β-unsaturated/α-hetero) is 1. The zero-order valence-electron chi connectivity index (χ0n) is 56.9. The first-order chi connectivity index (χ1) is 47.7. The zero-order valence-corrected chi connectivity index (χ0v) is 56.9. The Bertz CT molecular complexity index is 2610. The summed E-state index contributed by atoms with van der Waals surface area (Å²) in [6.07, 6.45) is -46.3. The Balaban J connectivity index is 1.47. The summed E-state index contributed by atoms with van der Waals surface area (Å²) in [5, 5.41) is 317. The molecule has 3 aliphatic heterocycles. The minimum Gasteiger partial charge on any atom is -0.394 e. The number of carbonyl (C=O) groups excluding carboxylic acids is 1. The number of ether oxygens (including phenoxy) is 3. The highest BCUT2D eigenvalue weighted by molar-refractivity contribution is 5.83. The summed E-state index contributed by atoms with van der Waals surface area (Å²) in [6, 6.07) is 0. The van der Waals surface area contributed by atoms with Crippen molar-refractivity contribution in [1.29, 1.82) is 0 Å². The molecule has 0 bridgehead atoms. The van der Waals surface area contributed by atoms with E-state index in [4.69, 9.17) is 19.3 Å². The molecule has 3 fully saturated rings. The molecule has 0 saturated carbocycles. The van der Waals surface area contributed by atoms with Crippen molar-refractivity contribution in [2.75, 3.05) is 6.61 Å². The Morgan fingerprint density at radius 3 is 1.65 bits per heavy atom. The highest BCUT2D eigenvalue weighted by Crippen LogP contribution is 2.37. The van der Waals surface area contributed by atoms with E-state index in [-0.39, 0.29) is 44.1 Å². The smallest absolute Gasteiger partial charge is 0.197 e. The van der Waals surface area contributed by atoms with Crippen LogP contribution in [0.15, 0.2) is 97.7 Å². The van der Waals surface area contributed by atoms with Crippen LogP contribution in [-0.4, -0.2) is 373 Å². The van der Waals surface area contributed by atoms with Gasteiger partial charge in [-0.25, -0.2) is 0 Å². The minimum atomic E-state index is -3.13. The van der Waals surface area contributed by atoms with Gasteiger partial charge in [0.1, 0.15) is 134 Å². The maximum absolute atomic E-state index is 13.2. The van der Waals surface area contributed by atoms with E-state index in [2.05, 4.69) is 13.2 Å². The maximum Gasteiger partial charge on any atom is 0.197 e. The number of carbonyl (C=O) groups is 1. The van der Waals surface area contributed by atoms with Gasteiger partial charge in [-0.3, -0.25) is 4.79 Å². The molecule has 0 aliphatic carbocycles. The molecule has 590 valence electrons. The average molecular weight is 1480 g/mol. The van der Waals surface area contributed by atoms with Gasteiger partial charge in [0.2, 0.25) is 0 Å². The number of aliphatic hydroxyl groups excluding tert-OH is 29. The van der Waals surface area contributed by atoms with Crippen LogP contribution < -0.4 is 0 Å². The molecule has 0 aromatic rings.